The number of amides is 2. The summed E-state index contributed by atoms with van der Waals surface area (Å²) in [6, 6.07) is 6.14. The zero-order chi connectivity index (χ0) is 17.9. The second kappa shape index (κ2) is 6.88. The number of aliphatic hydroxyl groups excluding tert-OH is 1. The van der Waals surface area contributed by atoms with E-state index in [0.717, 1.165) is 0 Å². The second-order valence-electron chi connectivity index (χ2n) is 6.29. The molecule has 8 heteroatoms. The number of carbonyl (C=O) groups excluding carboxylic acids is 3. The molecule has 0 radical (unpaired) electrons. The zero-order valence-corrected chi connectivity index (χ0v) is 13.7. The quantitative estimate of drug-likeness (QED) is 0.875. The number of hydroxylamine groups is 2. The molecule has 0 saturated carbocycles. The first-order valence-electron chi connectivity index (χ1n) is 7.49. The number of hydrogen-bond acceptors (Lipinski definition) is 6. The van der Waals surface area contributed by atoms with Gasteiger partial charge in [-0.05, 0) is 32.9 Å². The predicted molar refractivity (Wildman–Crippen MR) is 83.8 cm³/mol. The van der Waals surface area contributed by atoms with Crippen molar-refractivity contribution in [3.05, 3.63) is 29.8 Å². The van der Waals surface area contributed by atoms with Crippen molar-refractivity contribution in [2.45, 2.75) is 45.4 Å². The monoisotopic (exact) mass is 336 g/mol. The second-order valence-corrected chi connectivity index (χ2v) is 6.29. The Hall–Kier alpha value is -2.61. The first-order chi connectivity index (χ1) is 11.2. The Morgan fingerprint density at radius 1 is 1.29 bits per heavy atom. The van der Waals surface area contributed by atoms with Crippen molar-refractivity contribution < 1.29 is 29.1 Å². The van der Waals surface area contributed by atoms with Gasteiger partial charge < -0.3 is 14.7 Å². The van der Waals surface area contributed by atoms with Crippen LogP contribution in [0, 0.1) is 0 Å². The lowest BCUT2D eigenvalue weighted by Gasteiger charge is -2.21. The van der Waals surface area contributed by atoms with Gasteiger partial charge in [0, 0.05) is 12.8 Å². The average Bonchev–Trinajstić information content (AvgIpc) is 2.77. The van der Waals surface area contributed by atoms with Crippen molar-refractivity contribution in [3.63, 3.8) is 0 Å². The maximum atomic E-state index is 12.3. The molecule has 1 saturated heterocycles. The summed E-state index contributed by atoms with van der Waals surface area (Å²) >= 11 is 0. The molecule has 0 spiro atoms. The molecule has 1 heterocycles. The number of rotatable bonds is 3. The summed E-state index contributed by atoms with van der Waals surface area (Å²) in [5.41, 5.74) is -0.473. The lowest BCUT2D eigenvalue weighted by Crippen LogP contribution is -2.35. The van der Waals surface area contributed by atoms with Gasteiger partial charge in [-0.2, -0.15) is 0 Å². The summed E-state index contributed by atoms with van der Waals surface area (Å²) < 4.78 is 5.14. The van der Waals surface area contributed by atoms with Gasteiger partial charge >= 0.3 is 12.1 Å². The molecule has 24 heavy (non-hydrogen) atoms. The van der Waals surface area contributed by atoms with Crippen LogP contribution in [0.2, 0.25) is 0 Å². The first-order valence-corrected chi connectivity index (χ1v) is 7.49. The smallest absolute Gasteiger partial charge is 0.412 e. The number of benzene rings is 1. The van der Waals surface area contributed by atoms with Gasteiger partial charge in [0.05, 0.1) is 11.3 Å². The minimum absolute atomic E-state index is 0.0373. The number of nitrogens with one attached hydrogen (secondary N) is 1. The highest BCUT2D eigenvalue weighted by Gasteiger charge is 2.33. The third kappa shape index (κ3) is 4.45. The van der Waals surface area contributed by atoms with Crippen LogP contribution in [0.3, 0.4) is 0 Å². The van der Waals surface area contributed by atoms with E-state index in [1.807, 2.05) is 0 Å². The molecular formula is C16H20N2O6. The molecule has 1 aliphatic rings. The molecule has 1 unspecified atom stereocenters. The van der Waals surface area contributed by atoms with Gasteiger partial charge in [0.2, 0.25) is 0 Å². The molecule has 8 nitrogen and oxygen atoms in total. The van der Waals surface area contributed by atoms with E-state index in [0.29, 0.717) is 5.06 Å². The minimum atomic E-state index is -1.16. The Morgan fingerprint density at radius 2 is 1.96 bits per heavy atom. The lowest BCUT2D eigenvalue weighted by atomic mass is 10.2. The van der Waals surface area contributed by atoms with Crippen molar-refractivity contribution in [2.24, 2.45) is 0 Å². The maximum absolute atomic E-state index is 12.3. The summed E-state index contributed by atoms with van der Waals surface area (Å²) in [7, 11) is 0. The van der Waals surface area contributed by atoms with Crippen LogP contribution >= 0.6 is 0 Å². The largest absolute Gasteiger partial charge is 0.444 e. The zero-order valence-electron chi connectivity index (χ0n) is 13.7. The molecule has 2 N–H and O–H groups in total. The molecule has 1 aliphatic heterocycles. The average molecular weight is 336 g/mol. The molecule has 1 aromatic carbocycles. The summed E-state index contributed by atoms with van der Waals surface area (Å²) in [5.74, 6) is -1.34. The maximum Gasteiger partial charge on any atom is 0.412 e. The Morgan fingerprint density at radius 3 is 2.54 bits per heavy atom. The van der Waals surface area contributed by atoms with Crippen molar-refractivity contribution in [2.75, 3.05) is 5.32 Å². The van der Waals surface area contributed by atoms with Crippen LogP contribution in [0.15, 0.2) is 24.3 Å². The molecule has 1 atom stereocenters. The number of ether oxygens (including phenoxy) is 1. The van der Waals surface area contributed by atoms with Gasteiger partial charge in [-0.25, -0.2) is 9.59 Å². The SMILES string of the molecule is CC(C)(C)OC(=O)Nc1ccccc1C(=O)ON1C(=O)CCC1O. The van der Waals surface area contributed by atoms with E-state index in [1.54, 1.807) is 32.9 Å². The summed E-state index contributed by atoms with van der Waals surface area (Å²) in [4.78, 5) is 40.6. The Bertz CT molecular complexity index is 652. The number of para-hydroxylation sites is 1. The van der Waals surface area contributed by atoms with Gasteiger partial charge in [-0.15, -0.1) is 5.06 Å². The molecule has 0 aromatic heterocycles. The van der Waals surface area contributed by atoms with Crippen LogP contribution in [0.4, 0.5) is 10.5 Å². The van der Waals surface area contributed by atoms with E-state index in [4.69, 9.17) is 9.57 Å². The highest BCUT2D eigenvalue weighted by molar-refractivity contribution is 6.00. The minimum Gasteiger partial charge on any atom is -0.444 e. The summed E-state index contributed by atoms with van der Waals surface area (Å²) in [5, 5.41) is 12.7. The Labute approximate surface area is 139 Å². The summed E-state index contributed by atoms with van der Waals surface area (Å²) in [6.45, 7) is 5.15. The third-order valence-corrected chi connectivity index (χ3v) is 3.10. The molecule has 2 rings (SSSR count). The standard InChI is InChI=1S/C16H20N2O6/c1-16(2,3)23-15(22)17-11-7-5-4-6-10(11)14(21)24-18-12(19)8-9-13(18)20/h4-7,12,19H,8-9H2,1-3H3,(H,17,22). The fraction of sp³-hybridized carbons (Fsp3) is 0.438. The molecular weight excluding hydrogens is 316 g/mol. The van der Waals surface area contributed by atoms with E-state index >= 15 is 0 Å². The van der Waals surface area contributed by atoms with Gasteiger partial charge in [0.25, 0.3) is 5.91 Å². The molecule has 0 aliphatic carbocycles. The fourth-order valence-corrected chi connectivity index (χ4v) is 2.08. The van der Waals surface area contributed by atoms with Crippen molar-refractivity contribution in [3.8, 4) is 0 Å². The topological polar surface area (TPSA) is 105 Å². The molecule has 130 valence electrons. The molecule has 1 aromatic rings. The Kier molecular flexibility index (Phi) is 5.08. The van der Waals surface area contributed by atoms with Gasteiger partial charge in [-0.3, -0.25) is 10.1 Å². The van der Waals surface area contributed by atoms with Crippen LogP contribution in [0.5, 0.6) is 0 Å². The first kappa shape index (κ1) is 17.7. The fourth-order valence-electron chi connectivity index (χ4n) is 2.08. The summed E-state index contributed by atoms with van der Waals surface area (Å²) in [6.07, 6.45) is -1.58. The van der Waals surface area contributed by atoms with Crippen molar-refractivity contribution >= 4 is 23.7 Å². The van der Waals surface area contributed by atoms with E-state index in [9.17, 15) is 19.5 Å². The number of hydrogen-bond donors (Lipinski definition) is 2. The third-order valence-electron chi connectivity index (χ3n) is 3.10. The Balaban J connectivity index is 2.12. The predicted octanol–water partition coefficient (Wildman–Crippen LogP) is 2.05. The van der Waals surface area contributed by atoms with Crippen LogP contribution in [0.1, 0.15) is 44.0 Å². The van der Waals surface area contributed by atoms with E-state index in [-0.39, 0.29) is 24.1 Å². The van der Waals surface area contributed by atoms with Crippen LogP contribution in [0.25, 0.3) is 0 Å². The van der Waals surface area contributed by atoms with E-state index in [1.165, 1.54) is 12.1 Å². The molecule has 2 amide bonds. The number of nitrogens with zero attached hydrogens (tertiary/aromatic N) is 1. The van der Waals surface area contributed by atoms with E-state index < -0.39 is 29.8 Å². The van der Waals surface area contributed by atoms with Gasteiger partial charge in [-0.1, -0.05) is 12.1 Å². The van der Waals surface area contributed by atoms with Crippen molar-refractivity contribution in [1.82, 2.24) is 5.06 Å². The van der Waals surface area contributed by atoms with Crippen LogP contribution < -0.4 is 5.32 Å². The highest BCUT2D eigenvalue weighted by atomic mass is 16.7. The molecule has 0 bridgehead atoms. The normalized spacial score (nSPS) is 17.6. The highest BCUT2D eigenvalue weighted by Crippen LogP contribution is 2.22. The lowest BCUT2D eigenvalue weighted by molar-refractivity contribution is -0.191. The van der Waals surface area contributed by atoms with E-state index in [2.05, 4.69) is 5.32 Å². The van der Waals surface area contributed by atoms with Gasteiger partial charge in [0.15, 0.2) is 6.23 Å². The molecule has 1 fully saturated rings. The van der Waals surface area contributed by atoms with Gasteiger partial charge in [0.1, 0.15) is 5.60 Å². The van der Waals surface area contributed by atoms with Crippen molar-refractivity contribution in [1.29, 1.82) is 0 Å². The number of aliphatic hydroxyl groups is 1. The number of anilines is 1. The van der Waals surface area contributed by atoms with Crippen LogP contribution in [-0.2, 0) is 14.4 Å². The van der Waals surface area contributed by atoms with Crippen LogP contribution in [-0.4, -0.2) is 40.0 Å². The number of carbonyl (C=O) groups is 3.